The van der Waals surface area contributed by atoms with Gasteiger partial charge in [0.2, 0.25) is 0 Å². The quantitative estimate of drug-likeness (QED) is 0.832. The summed E-state index contributed by atoms with van der Waals surface area (Å²) in [6.45, 7) is 2.63. The zero-order valence-electron chi connectivity index (χ0n) is 11.6. The molecule has 0 saturated heterocycles. The lowest BCUT2D eigenvalue weighted by Gasteiger charge is -2.10. The molecular formula is C15H18N2O2S. The molecule has 1 aromatic carbocycles. The van der Waals surface area contributed by atoms with Crippen molar-refractivity contribution in [2.24, 2.45) is 0 Å². The Hall–Kier alpha value is -2.01. The highest BCUT2D eigenvalue weighted by Crippen LogP contribution is 2.26. The topological polar surface area (TPSA) is 64.4 Å². The molecule has 20 heavy (non-hydrogen) atoms. The number of methoxy groups -OCH3 is 1. The summed E-state index contributed by atoms with van der Waals surface area (Å²) in [4.78, 5) is 14.6. The van der Waals surface area contributed by atoms with Crippen LogP contribution >= 0.6 is 11.3 Å². The number of nitrogen functional groups attached to an aromatic ring is 1. The van der Waals surface area contributed by atoms with Crippen LogP contribution in [0.2, 0.25) is 0 Å². The summed E-state index contributed by atoms with van der Waals surface area (Å²) in [7, 11) is 1.51. The molecule has 5 heteroatoms. The predicted molar refractivity (Wildman–Crippen MR) is 82.3 cm³/mol. The van der Waals surface area contributed by atoms with E-state index in [0.717, 1.165) is 11.3 Å². The minimum absolute atomic E-state index is 0.180. The molecule has 106 valence electrons. The van der Waals surface area contributed by atoms with Gasteiger partial charge >= 0.3 is 0 Å². The standard InChI is InChI=1S/C15H18N2O2S/c1-3-10-7-8-11(20-10)9-17-15(18)12-5-4-6-13(16)14(12)19-2/h4-8H,3,9,16H2,1-2H3,(H,17,18). The number of amides is 1. The number of nitrogens with one attached hydrogen (secondary N) is 1. The molecular weight excluding hydrogens is 272 g/mol. The molecule has 1 heterocycles. The van der Waals surface area contributed by atoms with Crippen LogP contribution < -0.4 is 15.8 Å². The fourth-order valence-corrected chi connectivity index (χ4v) is 2.83. The Balaban J connectivity index is 2.07. The number of benzene rings is 1. The van der Waals surface area contributed by atoms with Gasteiger partial charge in [-0.15, -0.1) is 11.3 Å². The number of nitrogens with two attached hydrogens (primary N) is 1. The zero-order valence-corrected chi connectivity index (χ0v) is 12.4. The summed E-state index contributed by atoms with van der Waals surface area (Å²) in [6.07, 6.45) is 1.02. The number of anilines is 1. The molecule has 3 N–H and O–H groups in total. The smallest absolute Gasteiger partial charge is 0.255 e. The van der Waals surface area contributed by atoms with Crippen molar-refractivity contribution in [3.63, 3.8) is 0 Å². The number of hydrogen-bond acceptors (Lipinski definition) is 4. The van der Waals surface area contributed by atoms with Crippen molar-refractivity contribution in [3.05, 3.63) is 45.6 Å². The van der Waals surface area contributed by atoms with Gasteiger partial charge in [0.1, 0.15) is 0 Å². The number of aryl methyl sites for hydroxylation is 1. The van der Waals surface area contributed by atoms with E-state index in [-0.39, 0.29) is 5.91 Å². The van der Waals surface area contributed by atoms with Gasteiger partial charge in [0, 0.05) is 9.75 Å². The molecule has 0 unspecified atom stereocenters. The van der Waals surface area contributed by atoms with E-state index < -0.39 is 0 Å². The van der Waals surface area contributed by atoms with Crippen LogP contribution in [0.5, 0.6) is 5.75 Å². The molecule has 0 aliphatic carbocycles. The van der Waals surface area contributed by atoms with Gasteiger partial charge in [0.15, 0.2) is 5.75 Å². The third-order valence-corrected chi connectivity index (χ3v) is 4.21. The maximum absolute atomic E-state index is 12.2. The summed E-state index contributed by atoms with van der Waals surface area (Å²) in [5, 5.41) is 2.89. The summed E-state index contributed by atoms with van der Waals surface area (Å²) < 4.78 is 5.19. The van der Waals surface area contributed by atoms with Crippen LogP contribution in [-0.2, 0) is 13.0 Å². The van der Waals surface area contributed by atoms with Gasteiger partial charge in [-0.3, -0.25) is 4.79 Å². The first-order chi connectivity index (χ1) is 9.65. The lowest BCUT2D eigenvalue weighted by Crippen LogP contribution is -2.23. The van der Waals surface area contributed by atoms with Crippen LogP contribution in [0.4, 0.5) is 5.69 Å². The van der Waals surface area contributed by atoms with Crippen molar-refractivity contribution < 1.29 is 9.53 Å². The average molecular weight is 290 g/mol. The minimum atomic E-state index is -0.180. The molecule has 0 atom stereocenters. The lowest BCUT2D eigenvalue weighted by atomic mass is 10.1. The van der Waals surface area contributed by atoms with E-state index in [9.17, 15) is 4.79 Å². The van der Waals surface area contributed by atoms with Gasteiger partial charge in [-0.1, -0.05) is 13.0 Å². The normalized spacial score (nSPS) is 10.3. The second-order valence-corrected chi connectivity index (χ2v) is 5.59. The van der Waals surface area contributed by atoms with Crippen molar-refractivity contribution in [2.75, 3.05) is 12.8 Å². The van der Waals surface area contributed by atoms with Crippen LogP contribution in [0, 0.1) is 0 Å². The highest BCUT2D eigenvalue weighted by atomic mass is 32.1. The first-order valence-electron chi connectivity index (χ1n) is 6.44. The monoisotopic (exact) mass is 290 g/mol. The number of thiophene rings is 1. The molecule has 1 amide bonds. The largest absolute Gasteiger partial charge is 0.494 e. The van der Waals surface area contributed by atoms with Gasteiger partial charge in [-0.05, 0) is 30.7 Å². The van der Waals surface area contributed by atoms with Gasteiger partial charge in [-0.25, -0.2) is 0 Å². The maximum atomic E-state index is 12.2. The zero-order chi connectivity index (χ0) is 14.5. The van der Waals surface area contributed by atoms with Crippen LogP contribution in [0.25, 0.3) is 0 Å². The molecule has 0 fully saturated rings. The summed E-state index contributed by atoms with van der Waals surface area (Å²) in [5.41, 5.74) is 6.72. The van der Waals surface area contributed by atoms with E-state index >= 15 is 0 Å². The average Bonchev–Trinajstić information content (AvgIpc) is 2.92. The maximum Gasteiger partial charge on any atom is 0.255 e. The van der Waals surface area contributed by atoms with Crippen molar-refractivity contribution >= 4 is 22.9 Å². The second-order valence-electron chi connectivity index (χ2n) is 4.33. The summed E-state index contributed by atoms with van der Waals surface area (Å²) >= 11 is 1.71. The Morgan fingerprint density at radius 1 is 1.30 bits per heavy atom. The Kier molecular flexibility index (Phi) is 4.63. The molecule has 0 spiro atoms. The van der Waals surface area contributed by atoms with Gasteiger partial charge in [-0.2, -0.15) is 0 Å². The van der Waals surface area contributed by atoms with Crippen molar-refractivity contribution in [1.82, 2.24) is 5.32 Å². The van der Waals surface area contributed by atoms with Crippen LogP contribution in [0.3, 0.4) is 0 Å². The summed E-state index contributed by atoms with van der Waals surface area (Å²) in [5.74, 6) is 0.242. The molecule has 0 aliphatic heterocycles. The van der Waals surface area contributed by atoms with Gasteiger partial charge < -0.3 is 15.8 Å². The first kappa shape index (κ1) is 14.4. The summed E-state index contributed by atoms with van der Waals surface area (Å²) in [6, 6.07) is 9.29. The van der Waals surface area contributed by atoms with Crippen molar-refractivity contribution in [2.45, 2.75) is 19.9 Å². The first-order valence-corrected chi connectivity index (χ1v) is 7.25. The molecule has 0 aliphatic rings. The minimum Gasteiger partial charge on any atom is -0.494 e. The third-order valence-electron chi connectivity index (χ3n) is 2.98. The van der Waals surface area contributed by atoms with E-state index in [1.165, 1.54) is 12.0 Å². The van der Waals surface area contributed by atoms with Gasteiger partial charge in [0.25, 0.3) is 5.91 Å². The molecule has 1 aromatic heterocycles. The Bertz CT molecular complexity index is 608. The molecule has 4 nitrogen and oxygen atoms in total. The molecule has 2 rings (SSSR count). The number of ether oxygens (including phenoxy) is 1. The lowest BCUT2D eigenvalue weighted by molar-refractivity contribution is 0.0948. The Morgan fingerprint density at radius 3 is 2.70 bits per heavy atom. The van der Waals surface area contributed by atoms with Crippen LogP contribution in [-0.4, -0.2) is 13.0 Å². The van der Waals surface area contributed by atoms with Crippen molar-refractivity contribution in [3.8, 4) is 5.75 Å². The number of carbonyl (C=O) groups excluding carboxylic acids is 1. The fourth-order valence-electron chi connectivity index (χ4n) is 1.93. The molecule has 2 aromatic rings. The fraction of sp³-hybridized carbons (Fsp3) is 0.267. The molecule has 0 saturated carbocycles. The van der Waals surface area contributed by atoms with E-state index in [2.05, 4.69) is 18.3 Å². The van der Waals surface area contributed by atoms with Crippen LogP contribution in [0.15, 0.2) is 30.3 Å². The Labute approximate surface area is 122 Å². The predicted octanol–water partition coefficient (Wildman–Crippen LogP) is 2.83. The van der Waals surface area contributed by atoms with E-state index in [1.54, 1.807) is 29.5 Å². The van der Waals surface area contributed by atoms with E-state index in [1.807, 2.05) is 6.07 Å². The number of rotatable bonds is 5. The number of hydrogen-bond donors (Lipinski definition) is 2. The highest BCUT2D eigenvalue weighted by Gasteiger charge is 2.14. The number of para-hydroxylation sites is 1. The van der Waals surface area contributed by atoms with Gasteiger partial charge in [0.05, 0.1) is 24.9 Å². The SMILES string of the molecule is CCc1ccc(CNC(=O)c2cccc(N)c2OC)s1. The third kappa shape index (κ3) is 3.11. The highest BCUT2D eigenvalue weighted by molar-refractivity contribution is 7.11. The van der Waals surface area contributed by atoms with E-state index in [0.29, 0.717) is 23.5 Å². The van der Waals surface area contributed by atoms with Crippen molar-refractivity contribution in [1.29, 1.82) is 0 Å². The molecule has 0 bridgehead atoms. The molecule has 0 radical (unpaired) electrons. The number of carbonyl (C=O) groups is 1. The van der Waals surface area contributed by atoms with Crippen LogP contribution in [0.1, 0.15) is 27.0 Å². The Morgan fingerprint density at radius 2 is 2.05 bits per heavy atom. The van der Waals surface area contributed by atoms with E-state index in [4.69, 9.17) is 10.5 Å². The second kappa shape index (κ2) is 6.43.